The topological polar surface area (TPSA) is 29.3 Å². The highest BCUT2D eigenvalue weighted by atomic mass is 16.3. The van der Waals surface area contributed by atoms with E-state index >= 15 is 0 Å². The van der Waals surface area contributed by atoms with Crippen LogP contribution in [0.25, 0.3) is 33.4 Å². The van der Waals surface area contributed by atoms with Crippen molar-refractivity contribution in [2.45, 2.75) is 0 Å². The van der Waals surface area contributed by atoms with Crippen molar-refractivity contribution in [3.8, 4) is 22.3 Å². The average molecular weight is 439 g/mol. The Labute approximate surface area is 198 Å². The maximum Gasteiger partial charge on any atom is 0.181 e. The summed E-state index contributed by atoms with van der Waals surface area (Å²) < 4.78 is 5.60. The molecule has 0 N–H and O–H groups in total. The lowest BCUT2D eigenvalue weighted by atomic mass is 10.0. The number of anilines is 3. The predicted octanol–water partition coefficient (Wildman–Crippen LogP) is 8.63. The first-order valence-electron chi connectivity index (χ1n) is 11.3. The molecule has 0 atom stereocenters. The fourth-order valence-corrected chi connectivity index (χ4v) is 4.30. The normalized spacial score (nSPS) is 10.9. The minimum absolute atomic E-state index is 0.768. The molecule has 0 aliphatic carbocycles. The van der Waals surface area contributed by atoms with Gasteiger partial charge in [0.1, 0.15) is 5.52 Å². The maximum absolute atomic E-state index is 5.60. The van der Waals surface area contributed by atoms with Crippen LogP contribution in [0.2, 0.25) is 0 Å². The van der Waals surface area contributed by atoms with Gasteiger partial charge in [0.15, 0.2) is 12.0 Å². The monoisotopic (exact) mass is 438 g/mol. The SMILES string of the molecule is c1ccc(-c2ccc(N(c3ccc(-c4ccccc4)cc3)c3ccc4ncoc4c3)cc2)cc1. The van der Waals surface area contributed by atoms with Crippen molar-refractivity contribution in [1.82, 2.24) is 4.98 Å². The van der Waals surface area contributed by atoms with Crippen LogP contribution in [0, 0.1) is 0 Å². The molecule has 5 aromatic carbocycles. The van der Waals surface area contributed by atoms with Gasteiger partial charge in [0.25, 0.3) is 0 Å². The fourth-order valence-electron chi connectivity index (χ4n) is 4.30. The van der Waals surface area contributed by atoms with Crippen molar-refractivity contribution < 1.29 is 4.42 Å². The van der Waals surface area contributed by atoms with Gasteiger partial charge in [-0.15, -0.1) is 0 Å². The molecule has 0 aliphatic heterocycles. The summed E-state index contributed by atoms with van der Waals surface area (Å²) in [5.74, 6) is 0. The van der Waals surface area contributed by atoms with Gasteiger partial charge in [-0.3, -0.25) is 0 Å². The van der Waals surface area contributed by atoms with Gasteiger partial charge in [-0.1, -0.05) is 84.9 Å². The highest BCUT2D eigenvalue weighted by Gasteiger charge is 2.14. The van der Waals surface area contributed by atoms with Gasteiger partial charge in [-0.25, -0.2) is 4.98 Å². The second-order valence-electron chi connectivity index (χ2n) is 8.17. The van der Waals surface area contributed by atoms with Gasteiger partial charge in [-0.2, -0.15) is 0 Å². The summed E-state index contributed by atoms with van der Waals surface area (Å²) in [5.41, 5.74) is 9.57. The average Bonchev–Trinajstić information content (AvgIpc) is 3.39. The van der Waals surface area contributed by atoms with Crippen molar-refractivity contribution in [2.24, 2.45) is 0 Å². The zero-order chi connectivity index (χ0) is 22.7. The lowest BCUT2D eigenvalue weighted by Crippen LogP contribution is -2.09. The predicted molar refractivity (Wildman–Crippen MR) is 140 cm³/mol. The lowest BCUT2D eigenvalue weighted by molar-refractivity contribution is 0.602. The molecule has 0 spiro atoms. The number of hydrogen-bond acceptors (Lipinski definition) is 3. The summed E-state index contributed by atoms with van der Waals surface area (Å²) in [6.07, 6.45) is 1.49. The van der Waals surface area contributed by atoms with Crippen molar-refractivity contribution in [3.63, 3.8) is 0 Å². The number of hydrogen-bond donors (Lipinski definition) is 0. The van der Waals surface area contributed by atoms with Crippen molar-refractivity contribution in [1.29, 1.82) is 0 Å². The summed E-state index contributed by atoms with van der Waals surface area (Å²) in [4.78, 5) is 6.51. The Kier molecular flexibility index (Phi) is 5.13. The van der Waals surface area contributed by atoms with Gasteiger partial charge in [0, 0.05) is 23.1 Å². The van der Waals surface area contributed by atoms with Gasteiger partial charge in [-0.05, 0) is 58.7 Å². The highest BCUT2D eigenvalue weighted by molar-refractivity contribution is 5.85. The van der Waals surface area contributed by atoms with E-state index in [0.29, 0.717) is 0 Å². The van der Waals surface area contributed by atoms with Crippen LogP contribution in [0.3, 0.4) is 0 Å². The molecular weight excluding hydrogens is 416 g/mol. The van der Waals surface area contributed by atoms with Crippen molar-refractivity contribution in [2.75, 3.05) is 4.90 Å². The van der Waals surface area contributed by atoms with Crippen LogP contribution < -0.4 is 4.90 Å². The Bertz CT molecular complexity index is 1440. The third-order valence-corrected chi connectivity index (χ3v) is 6.04. The quantitative estimate of drug-likeness (QED) is 0.270. The van der Waals surface area contributed by atoms with Gasteiger partial charge >= 0.3 is 0 Å². The molecule has 1 aromatic heterocycles. The summed E-state index contributed by atoms with van der Waals surface area (Å²) >= 11 is 0. The molecule has 0 bridgehead atoms. The van der Waals surface area contributed by atoms with Crippen LogP contribution in [0.1, 0.15) is 0 Å². The molecule has 0 radical (unpaired) electrons. The number of benzene rings is 5. The van der Waals surface area contributed by atoms with Crippen molar-refractivity contribution in [3.05, 3.63) is 134 Å². The van der Waals surface area contributed by atoms with Crippen LogP contribution >= 0.6 is 0 Å². The molecule has 6 rings (SSSR count). The molecule has 0 fully saturated rings. The zero-order valence-corrected chi connectivity index (χ0v) is 18.5. The lowest BCUT2D eigenvalue weighted by Gasteiger charge is -2.26. The summed E-state index contributed by atoms with van der Waals surface area (Å²) in [7, 11) is 0. The molecule has 0 unspecified atom stereocenters. The molecule has 6 aromatic rings. The molecule has 0 saturated carbocycles. The third kappa shape index (κ3) is 3.84. The first-order chi connectivity index (χ1) is 16.8. The number of aromatic nitrogens is 1. The van der Waals surface area contributed by atoms with E-state index in [0.717, 1.165) is 28.2 Å². The van der Waals surface area contributed by atoms with Crippen molar-refractivity contribution >= 4 is 28.2 Å². The first kappa shape index (κ1) is 20.0. The Morgan fingerprint density at radius 3 is 1.47 bits per heavy atom. The van der Waals surface area contributed by atoms with E-state index in [-0.39, 0.29) is 0 Å². The van der Waals surface area contributed by atoms with Gasteiger partial charge in [0.2, 0.25) is 0 Å². The van der Waals surface area contributed by atoms with Crippen LogP contribution in [0.15, 0.2) is 138 Å². The van der Waals surface area contributed by atoms with E-state index in [4.69, 9.17) is 4.42 Å². The Hall–Kier alpha value is -4.63. The zero-order valence-electron chi connectivity index (χ0n) is 18.5. The van der Waals surface area contributed by atoms with E-state index in [9.17, 15) is 0 Å². The molecule has 34 heavy (non-hydrogen) atoms. The second-order valence-corrected chi connectivity index (χ2v) is 8.17. The van der Waals surface area contributed by atoms with Crippen LogP contribution in [-0.2, 0) is 0 Å². The third-order valence-electron chi connectivity index (χ3n) is 6.04. The molecular formula is C31H22N2O. The van der Waals surface area contributed by atoms with Crippen LogP contribution in [0.4, 0.5) is 17.1 Å². The standard InChI is InChI=1S/C31H22N2O/c1-3-7-23(8-4-1)25-11-15-27(16-12-25)33(29-19-20-30-31(21-29)34-22-32-30)28-17-13-26(14-18-28)24-9-5-2-6-10-24/h1-22H. The molecule has 0 saturated heterocycles. The summed E-state index contributed by atoms with van der Waals surface area (Å²) in [6, 6.07) is 44.3. The van der Waals surface area contributed by atoms with E-state index in [2.05, 4.69) is 113 Å². The number of fused-ring (bicyclic) bond motifs is 1. The summed E-state index contributed by atoms with van der Waals surface area (Å²) in [6.45, 7) is 0. The Balaban J connectivity index is 1.43. The van der Waals surface area contributed by atoms with Crippen LogP contribution in [-0.4, -0.2) is 4.98 Å². The fraction of sp³-hybridized carbons (Fsp3) is 0. The number of rotatable bonds is 5. The van der Waals surface area contributed by atoms with E-state index in [1.165, 1.54) is 28.6 Å². The molecule has 0 aliphatic rings. The molecule has 1 heterocycles. The second kappa shape index (κ2) is 8.72. The molecule has 3 heteroatoms. The number of oxazole rings is 1. The van der Waals surface area contributed by atoms with E-state index < -0.39 is 0 Å². The molecule has 3 nitrogen and oxygen atoms in total. The number of nitrogens with zero attached hydrogens (tertiary/aromatic N) is 2. The smallest absolute Gasteiger partial charge is 0.181 e. The van der Waals surface area contributed by atoms with E-state index in [1.807, 2.05) is 24.3 Å². The minimum Gasteiger partial charge on any atom is -0.443 e. The van der Waals surface area contributed by atoms with Crippen LogP contribution in [0.5, 0.6) is 0 Å². The Morgan fingerprint density at radius 1 is 0.471 bits per heavy atom. The van der Waals surface area contributed by atoms with E-state index in [1.54, 1.807) is 0 Å². The largest absolute Gasteiger partial charge is 0.443 e. The van der Waals surface area contributed by atoms with Gasteiger partial charge < -0.3 is 9.32 Å². The molecule has 0 amide bonds. The summed E-state index contributed by atoms with van der Waals surface area (Å²) in [5, 5.41) is 0. The highest BCUT2D eigenvalue weighted by Crippen LogP contribution is 2.37. The maximum atomic E-state index is 5.60. The Morgan fingerprint density at radius 2 is 0.941 bits per heavy atom. The first-order valence-corrected chi connectivity index (χ1v) is 11.3. The minimum atomic E-state index is 0.768. The molecule has 162 valence electrons. The van der Waals surface area contributed by atoms with Gasteiger partial charge in [0.05, 0.1) is 0 Å².